The second-order valence-corrected chi connectivity index (χ2v) is 5.23. The summed E-state index contributed by atoms with van der Waals surface area (Å²) in [5, 5.41) is 19.0. The second-order valence-electron chi connectivity index (χ2n) is 5.23. The van der Waals surface area contributed by atoms with Gasteiger partial charge in [0.25, 0.3) is 5.91 Å². The molecular weight excluding hydrogens is 310 g/mol. The number of amides is 1. The molecule has 7 heteroatoms. The number of anilines is 1. The van der Waals surface area contributed by atoms with E-state index in [4.69, 9.17) is 9.84 Å². The minimum Gasteiger partial charge on any atom is -0.482 e. The Hall–Kier alpha value is -3.35. The second kappa shape index (κ2) is 6.41. The molecule has 2 aromatic carbocycles. The number of carbonyl (C=O) groups is 2. The number of carbonyl (C=O) groups excluding carboxylic acids is 1. The van der Waals surface area contributed by atoms with Crippen LogP contribution < -0.4 is 10.1 Å². The van der Waals surface area contributed by atoms with Crippen molar-refractivity contribution >= 4 is 28.5 Å². The Morgan fingerprint density at radius 3 is 2.79 bits per heavy atom. The quantitative estimate of drug-likeness (QED) is 0.669. The average Bonchev–Trinajstić information content (AvgIpc) is 2.99. The third-order valence-electron chi connectivity index (χ3n) is 3.49. The Kier molecular flexibility index (Phi) is 4.15. The summed E-state index contributed by atoms with van der Waals surface area (Å²) in [7, 11) is 0. The lowest BCUT2D eigenvalue weighted by atomic mass is 10.1. The number of carboxylic acids is 1. The number of aromatic amines is 1. The monoisotopic (exact) mass is 325 g/mol. The Balaban J connectivity index is 1.78. The number of hydrogen-bond acceptors (Lipinski definition) is 4. The van der Waals surface area contributed by atoms with Crippen molar-refractivity contribution in [1.82, 2.24) is 10.2 Å². The van der Waals surface area contributed by atoms with Crippen molar-refractivity contribution in [3.05, 3.63) is 53.7 Å². The fourth-order valence-corrected chi connectivity index (χ4v) is 2.33. The first-order valence-electron chi connectivity index (χ1n) is 7.24. The van der Waals surface area contributed by atoms with Crippen LogP contribution in [0.2, 0.25) is 0 Å². The summed E-state index contributed by atoms with van der Waals surface area (Å²) in [6, 6.07) is 12.3. The standard InChI is InChI=1S/C17H15N3O4/c1-10-8-11(24-9-15(21)22)6-7-13(10)18-17(23)16-12-4-2-3-5-14(12)19-20-16/h2-8H,9H2,1H3,(H,18,23)(H,19,20)(H,21,22). The van der Waals surface area contributed by atoms with Gasteiger partial charge in [-0.3, -0.25) is 9.89 Å². The van der Waals surface area contributed by atoms with E-state index in [1.807, 2.05) is 24.3 Å². The predicted molar refractivity (Wildman–Crippen MR) is 88.4 cm³/mol. The first-order chi connectivity index (χ1) is 11.5. The molecule has 0 bridgehead atoms. The maximum atomic E-state index is 12.4. The third kappa shape index (κ3) is 3.19. The van der Waals surface area contributed by atoms with Gasteiger partial charge < -0.3 is 15.2 Å². The number of fused-ring (bicyclic) bond motifs is 1. The van der Waals surface area contributed by atoms with Crippen molar-refractivity contribution in [2.75, 3.05) is 11.9 Å². The van der Waals surface area contributed by atoms with Crippen LogP contribution in [-0.4, -0.2) is 33.8 Å². The summed E-state index contributed by atoms with van der Waals surface area (Å²) in [4.78, 5) is 23.0. The highest BCUT2D eigenvalue weighted by molar-refractivity contribution is 6.11. The first-order valence-corrected chi connectivity index (χ1v) is 7.24. The number of ether oxygens (including phenoxy) is 1. The minimum atomic E-state index is -1.05. The Labute approximate surface area is 137 Å². The molecule has 0 atom stereocenters. The summed E-state index contributed by atoms with van der Waals surface area (Å²) < 4.78 is 5.11. The van der Waals surface area contributed by atoms with Crippen molar-refractivity contribution in [3.63, 3.8) is 0 Å². The number of benzene rings is 2. The maximum absolute atomic E-state index is 12.4. The molecule has 3 rings (SSSR count). The Bertz CT molecular complexity index is 917. The lowest BCUT2D eigenvalue weighted by molar-refractivity contribution is -0.139. The molecule has 24 heavy (non-hydrogen) atoms. The molecule has 0 aliphatic rings. The topological polar surface area (TPSA) is 104 Å². The zero-order valence-electron chi connectivity index (χ0n) is 12.9. The Morgan fingerprint density at radius 1 is 1.25 bits per heavy atom. The number of rotatable bonds is 5. The maximum Gasteiger partial charge on any atom is 0.341 e. The molecule has 3 aromatic rings. The molecule has 1 amide bonds. The van der Waals surface area contributed by atoms with E-state index in [0.717, 1.165) is 16.5 Å². The number of aromatic nitrogens is 2. The molecule has 0 aliphatic carbocycles. The fourth-order valence-electron chi connectivity index (χ4n) is 2.33. The molecular formula is C17H15N3O4. The number of nitrogens with zero attached hydrogens (tertiary/aromatic N) is 1. The Morgan fingerprint density at radius 2 is 2.04 bits per heavy atom. The lowest BCUT2D eigenvalue weighted by Gasteiger charge is -2.10. The predicted octanol–water partition coefficient (Wildman–Crippen LogP) is 2.59. The molecule has 0 saturated carbocycles. The van der Waals surface area contributed by atoms with E-state index in [0.29, 0.717) is 17.1 Å². The molecule has 0 aliphatic heterocycles. The molecule has 0 saturated heterocycles. The fraction of sp³-hybridized carbons (Fsp3) is 0.118. The van der Waals surface area contributed by atoms with Gasteiger partial charge in [-0.1, -0.05) is 18.2 Å². The van der Waals surface area contributed by atoms with Gasteiger partial charge >= 0.3 is 5.97 Å². The van der Waals surface area contributed by atoms with E-state index < -0.39 is 12.6 Å². The minimum absolute atomic E-state index is 0.316. The highest BCUT2D eigenvalue weighted by Gasteiger charge is 2.15. The van der Waals surface area contributed by atoms with Gasteiger partial charge in [0.1, 0.15) is 5.75 Å². The van der Waals surface area contributed by atoms with Crippen LogP contribution in [0.25, 0.3) is 10.9 Å². The largest absolute Gasteiger partial charge is 0.482 e. The summed E-state index contributed by atoms with van der Waals surface area (Å²) in [5.74, 6) is -0.941. The van der Waals surface area contributed by atoms with Crippen LogP contribution in [0.15, 0.2) is 42.5 Å². The van der Waals surface area contributed by atoms with Crippen molar-refractivity contribution in [3.8, 4) is 5.75 Å². The summed E-state index contributed by atoms with van der Waals surface area (Å²) in [6.45, 7) is 1.39. The van der Waals surface area contributed by atoms with Crippen molar-refractivity contribution in [2.45, 2.75) is 6.92 Å². The molecule has 1 aromatic heterocycles. The van der Waals surface area contributed by atoms with Gasteiger partial charge in [-0.25, -0.2) is 4.79 Å². The SMILES string of the molecule is Cc1cc(OCC(=O)O)ccc1NC(=O)c1n[nH]c2ccccc12. The van der Waals surface area contributed by atoms with Crippen LogP contribution in [-0.2, 0) is 4.79 Å². The van der Waals surface area contributed by atoms with E-state index in [2.05, 4.69) is 15.5 Å². The van der Waals surface area contributed by atoms with E-state index in [1.165, 1.54) is 0 Å². The molecule has 122 valence electrons. The number of aryl methyl sites for hydroxylation is 1. The van der Waals surface area contributed by atoms with Crippen LogP contribution in [0, 0.1) is 6.92 Å². The van der Waals surface area contributed by atoms with E-state index in [1.54, 1.807) is 25.1 Å². The van der Waals surface area contributed by atoms with Gasteiger partial charge in [-0.2, -0.15) is 5.10 Å². The van der Waals surface area contributed by atoms with Crippen LogP contribution in [0.4, 0.5) is 5.69 Å². The molecule has 0 radical (unpaired) electrons. The van der Waals surface area contributed by atoms with Crippen molar-refractivity contribution in [1.29, 1.82) is 0 Å². The molecule has 0 spiro atoms. The van der Waals surface area contributed by atoms with Crippen LogP contribution >= 0.6 is 0 Å². The molecule has 1 heterocycles. The van der Waals surface area contributed by atoms with Gasteiger partial charge in [-0.05, 0) is 36.8 Å². The average molecular weight is 325 g/mol. The number of H-pyrrole nitrogens is 1. The third-order valence-corrected chi connectivity index (χ3v) is 3.49. The summed E-state index contributed by atoms with van der Waals surface area (Å²) in [6.07, 6.45) is 0. The number of para-hydroxylation sites is 1. The van der Waals surface area contributed by atoms with Crippen LogP contribution in [0.5, 0.6) is 5.75 Å². The van der Waals surface area contributed by atoms with Gasteiger partial charge in [0.15, 0.2) is 12.3 Å². The van der Waals surface area contributed by atoms with Gasteiger partial charge in [0, 0.05) is 11.1 Å². The summed E-state index contributed by atoms with van der Waals surface area (Å²) >= 11 is 0. The zero-order chi connectivity index (χ0) is 17.1. The van der Waals surface area contributed by atoms with E-state index >= 15 is 0 Å². The molecule has 7 nitrogen and oxygen atoms in total. The van der Waals surface area contributed by atoms with Gasteiger partial charge in [0.2, 0.25) is 0 Å². The van der Waals surface area contributed by atoms with Crippen molar-refractivity contribution < 1.29 is 19.4 Å². The highest BCUT2D eigenvalue weighted by atomic mass is 16.5. The normalized spacial score (nSPS) is 10.5. The van der Waals surface area contributed by atoms with E-state index in [-0.39, 0.29) is 5.91 Å². The van der Waals surface area contributed by atoms with Crippen LogP contribution in [0.3, 0.4) is 0 Å². The lowest BCUT2D eigenvalue weighted by Crippen LogP contribution is -2.14. The van der Waals surface area contributed by atoms with Gasteiger partial charge in [0.05, 0.1) is 5.52 Å². The van der Waals surface area contributed by atoms with Crippen LogP contribution in [0.1, 0.15) is 16.1 Å². The number of nitrogens with one attached hydrogen (secondary N) is 2. The first kappa shape index (κ1) is 15.5. The zero-order valence-corrected chi connectivity index (χ0v) is 12.9. The van der Waals surface area contributed by atoms with Crippen molar-refractivity contribution in [2.24, 2.45) is 0 Å². The number of aliphatic carboxylic acids is 1. The summed E-state index contributed by atoms with van der Waals surface area (Å²) in [5.41, 5.74) is 2.47. The molecule has 0 fully saturated rings. The smallest absolute Gasteiger partial charge is 0.341 e. The number of carboxylic acid groups (broad SMARTS) is 1. The molecule has 3 N–H and O–H groups in total. The molecule has 0 unspecified atom stereocenters. The van der Waals surface area contributed by atoms with Gasteiger partial charge in [-0.15, -0.1) is 0 Å². The van der Waals surface area contributed by atoms with E-state index in [9.17, 15) is 9.59 Å². The number of hydrogen-bond donors (Lipinski definition) is 3. The highest BCUT2D eigenvalue weighted by Crippen LogP contribution is 2.23.